The molecule has 4 heteroatoms. The first-order valence-corrected chi connectivity index (χ1v) is 12.0. The molecule has 3 nitrogen and oxygen atoms in total. The number of hydrogen-bond acceptors (Lipinski definition) is 3. The van der Waals surface area contributed by atoms with Crippen molar-refractivity contribution in [1.29, 1.82) is 0 Å². The molecule has 0 aliphatic heterocycles. The van der Waals surface area contributed by atoms with E-state index in [9.17, 15) is 4.79 Å². The molecule has 0 saturated carbocycles. The fraction of sp³-hybridized carbons (Fsp3) is 0.345. The first kappa shape index (κ1) is 25.0. The van der Waals surface area contributed by atoms with Crippen LogP contribution < -0.4 is 4.74 Å². The fourth-order valence-corrected chi connectivity index (χ4v) is 4.00. The third-order valence-electron chi connectivity index (χ3n) is 6.06. The van der Waals surface area contributed by atoms with Crippen molar-refractivity contribution in [2.75, 3.05) is 20.1 Å². The molecule has 174 valence electrons. The molecule has 33 heavy (non-hydrogen) atoms. The second-order valence-electron chi connectivity index (χ2n) is 8.90. The van der Waals surface area contributed by atoms with Crippen molar-refractivity contribution in [3.63, 3.8) is 0 Å². The highest BCUT2D eigenvalue weighted by molar-refractivity contribution is 6.30. The first-order chi connectivity index (χ1) is 15.8. The smallest absolute Gasteiger partial charge is 0.169 e. The first-order valence-electron chi connectivity index (χ1n) is 11.6. The fourth-order valence-electron chi connectivity index (χ4n) is 3.87. The van der Waals surface area contributed by atoms with Crippen LogP contribution in [-0.4, -0.2) is 36.9 Å². The van der Waals surface area contributed by atoms with Crippen molar-refractivity contribution in [3.05, 3.63) is 100 Å². The van der Waals surface area contributed by atoms with Gasteiger partial charge >= 0.3 is 0 Å². The average molecular weight is 464 g/mol. The molecule has 0 amide bonds. The zero-order valence-electron chi connectivity index (χ0n) is 20.1. The van der Waals surface area contributed by atoms with Gasteiger partial charge in [0.05, 0.1) is 0 Å². The molecule has 0 aliphatic carbocycles. The highest BCUT2D eigenvalue weighted by Crippen LogP contribution is 2.27. The molecule has 0 aliphatic rings. The maximum absolute atomic E-state index is 11.4. The van der Waals surface area contributed by atoms with Gasteiger partial charge in [0.2, 0.25) is 0 Å². The van der Waals surface area contributed by atoms with Crippen molar-refractivity contribution >= 4 is 17.4 Å². The number of carbonyl (C=O) groups excluding carboxylic acids is 1. The SMILES string of the molecule is CC(=O)C(C)Oc1ccc(CCCN(C)CC(c2ccc(C)cc2)c2ccc(Cl)cc2)cc1. The van der Waals surface area contributed by atoms with Gasteiger partial charge in [0.25, 0.3) is 0 Å². The molecule has 3 rings (SSSR count). The van der Waals surface area contributed by atoms with Crippen LogP contribution in [0.1, 0.15) is 48.4 Å². The van der Waals surface area contributed by atoms with E-state index < -0.39 is 6.10 Å². The Balaban J connectivity index is 1.57. The highest BCUT2D eigenvalue weighted by Gasteiger charge is 2.17. The van der Waals surface area contributed by atoms with Crippen molar-refractivity contribution in [2.24, 2.45) is 0 Å². The zero-order valence-corrected chi connectivity index (χ0v) is 20.8. The van der Waals surface area contributed by atoms with Gasteiger partial charge in [-0.05, 0) is 88.2 Å². The lowest BCUT2D eigenvalue weighted by Crippen LogP contribution is -2.26. The summed E-state index contributed by atoms with van der Waals surface area (Å²) < 4.78 is 5.65. The average Bonchev–Trinajstić information content (AvgIpc) is 2.80. The van der Waals surface area contributed by atoms with Crippen LogP contribution >= 0.6 is 11.6 Å². The number of rotatable bonds is 11. The summed E-state index contributed by atoms with van der Waals surface area (Å²) in [6, 6.07) is 25.1. The van der Waals surface area contributed by atoms with Crippen LogP contribution in [0.3, 0.4) is 0 Å². The molecular formula is C29H34ClNO2. The zero-order chi connectivity index (χ0) is 23.8. The number of aryl methyl sites for hydroxylation is 2. The summed E-state index contributed by atoms with van der Waals surface area (Å²) in [5.41, 5.74) is 5.16. The van der Waals surface area contributed by atoms with Crippen LogP contribution in [0.5, 0.6) is 5.75 Å². The Bertz CT molecular complexity index is 967. The molecule has 0 fully saturated rings. The number of likely N-dealkylation sites (N-methyl/N-ethyl adjacent to an activating group) is 1. The third-order valence-corrected chi connectivity index (χ3v) is 6.31. The quantitative estimate of drug-likeness (QED) is 0.317. The van der Waals surface area contributed by atoms with E-state index in [4.69, 9.17) is 16.3 Å². The second-order valence-corrected chi connectivity index (χ2v) is 9.33. The minimum Gasteiger partial charge on any atom is -0.483 e. The van der Waals surface area contributed by atoms with Crippen LogP contribution in [0.4, 0.5) is 0 Å². The van der Waals surface area contributed by atoms with Gasteiger partial charge < -0.3 is 9.64 Å². The van der Waals surface area contributed by atoms with Crippen molar-refractivity contribution in [3.8, 4) is 5.75 Å². The largest absolute Gasteiger partial charge is 0.483 e. The Morgan fingerprint density at radius 1 is 0.939 bits per heavy atom. The van der Waals surface area contributed by atoms with Crippen LogP contribution in [0.2, 0.25) is 5.02 Å². The predicted octanol–water partition coefficient (Wildman–Crippen LogP) is 6.70. The van der Waals surface area contributed by atoms with Gasteiger partial charge in [-0.2, -0.15) is 0 Å². The summed E-state index contributed by atoms with van der Waals surface area (Å²) in [6.07, 6.45) is 1.66. The van der Waals surface area contributed by atoms with E-state index in [1.165, 1.54) is 22.3 Å². The number of ketones is 1. The molecular weight excluding hydrogens is 430 g/mol. The summed E-state index contributed by atoms with van der Waals surface area (Å²) in [5, 5.41) is 0.766. The summed E-state index contributed by atoms with van der Waals surface area (Å²) in [7, 11) is 2.19. The maximum atomic E-state index is 11.4. The lowest BCUT2D eigenvalue weighted by Gasteiger charge is -2.25. The minimum atomic E-state index is -0.411. The predicted molar refractivity (Wildman–Crippen MR) is 138 cm³/mol. The Morgan fingerprint density at radius 3 is 2.09 bits per heavy atom. The third kappa shape index (κ3) is 7.73. The number of carbonyl (C=O) groups is 1. The molecule has 0 N–H and O–H groups in total. The summed E-state index contributed by atoms with van der Waals surface area (Å²) in [6.45, 7) is 7.40. The molecule has 3 aromatic rings. The lowest BCUT2D eigenvalue weighted by molar-refractivity contribution is -0.122. The van der Waals surface area contributed by atoms with Crippen LogP contribution in [0, 0.1) is 6.92 Å². The van der Waals surface area contributed by atoms with Gasteiger partial charge in [-0.3, -0.25) is 4.79 Å². The number of halogens is 1. The molecule has 0 saturated heterocycles. The molecule has 0 aromatic heterocycles. The van der Waals surface area contributed by atoms with Gasteiger partial charge in [-0.1, -0.05) is 65.7 Å². The lowest BCUT2D eigenvalue weighted by atomic mass is 9.90. The number of nitrogens with zero attached hydrogens (tertiary/aromatic N) is 1. The number of Topliss-reactive ketones (excluding diaryl/α,β-unsaturated/α-hetero) is 1. The Hall–Kier alpha value is -2.62. The van der Waals surface area contributed by atoms with Gasteiger partial charge in [-0.25, -0.2) is 0 Å². The maximum Gasteiger partial charge on any atom is 0.169 e. The Kier molecular flexibility index (Phi) is 9.11. The van der Waals surface area contributed by atoms with E-state index in [1.807, 2.05) is 24.3 Å². The summed E-state index contributed by atoms with van der Waals surface area (Å²) in [4.78, 5) is 13.8. The van der Waals surface area contributed by atoms with Gasteiger partial charge in [0.15, 0.2) is 11.9 Å². The number of ether oxygens (including phenoxy) is 1. The van der Waals surface area contributed by atoms with E-state index in [0.29, 0.717) is 5.92 Å². The van der Waals surface area contributed by atoms with E-state index in [2.05, 4.69) is 67.4 Å². The van der Waals surface area contributed by atoms with Crippen molar-refractivity contribution < 1.29 is 9.53 Å². The Labute approximate surface area is 203 Å². The van der Waals surface area contributed by atoms with Crippen molar-refractivity contribution in [1.82, 2.24) is 4.90 Å². The Morgan fingerprint density at radius 2 is 1.52 bits per heavy atom. The molecule has 0 spiro atoms. The highest BCUT2D eigenvalue weighted by atomic mass is 35.5. The molecule has 0 heterocycles. The van der Waals surface area contributed by atoms with Gasteiger partial charge in [0, 0.05) is 17.5 Å². The van der Waals surface area contributed by atoms with Crippen LogP contribution in [-0.2, 0) is 11.2 Å². The normalized spacial score (nSPS) is 13.0. The standard InChI is InChI=1S/C29H34ClNO2/c1-21-7-11-25(12-8-21)29(26-13-15-27(30)16-14-26)20-31(4)19-5-6-24-9-17-28(18-10-24)33-23(3)22(2)32/h7-18,23,29H,5-6,19-20H2,1-4H3. The van der Waals surface area contributed by atoms with E-state index >= 15 is 0 Å². The molecule has 0 bridgehead atoms. The molecule has 2 unspecified atom stereocenters. The number of hydrogen-bond donors (Lipinski definition) is 0. The summed E-state index contributed by atoms with van der Waals surface area (Å²) >= 11 is 6.13. The van der Waals surface area contributed by atoms with Crippen LogP contribution in [0.15, 0.2) is 72.8 Å². The van der Waals surface area contributed by atoms with Gasteiger partial charge in [0.1, 0.15) is 5.75 Å². The van der Waals surface area contributed by atoms with Gasteiger partial charge in [-0.15, -0.1) is 0 Å². The molecule has 2 atom stereocenters. The minimum absolute atomic E-state index is 0.0321. The topological polar surface area (TPSA) is 29.5 Å². The molecule has 3 aromatic carbocycles. The van der Waals surface area contributed by atoms with Crippen molar-refractivity contribution in [2.45, 2.75) is 45.6 Å². The second kappa shape index (κ2) is 12.0. The summed E-state index contributed by atoms with van der Waals surface area (Å²) in [5.74, 6) is 1.07. The van der Waals surface area contributed by atoms with E-state index in [-0.39, 0.29) is 5.78 Å². The number of benzene rings is 3. The van der Waals surface area contributed by atoms with Crippen LogP contribution in [0.25, 0.3) is 0 Å². The van der Waals surface area contributed by atoms with E-state index in [0.717, 1.165) is 36.7 Å². The monoisotopic (exact) mass is 463 g/mol. The van der Waals surface area contributed by atoms with E-state index in [1.54, 1.807) is 13.8 Å². The molecule has 0 radical (unpaired) electrons.